The molecule has 7 heteroatoms. The van der Waals surface area contributed by atoms with Gasteiger partial charge in [0, 0.05) is 23.9 Å². The summed E-state index contributed by atoms with van der Waals surface area (Å²) in [5.74, 6) is -0.666. The number of hydroxylamine groups is 2. The molecule has 2 atom stereocenters. The number of alkyl halides is 1. The molecule has 27 heavy (non-hydrogen) atoms. The van der Waals surface area contributed by atoms with E-state index in [9.17, 15) is 14.8 Å². The van der Waals surface area contributed by atoms with Gasteiger partial charge in [-0.15, -0.1) is 0 Å². The lowest BCUT2D eigenvalue weighted by Gasteiger charge is -2.51. The van der Waals surface area contributed by atoms with Crippen LogP contribution in [0.4, 0.5) is 0 Å². The molecule has 1 heterocycles. The van der Waals surface area contributed by atoms with Gasteiger partial charge in [0.25, 0.3) is 0 Å². The van der Waals surface area contributed by atoms with E-state index in [1.807, 2.05) is 41.5 Å². The Morgan fingerprint density at radius 3 is 2.11 bits per heavy atom. The van der Waals surface area contributed by atoms with E-state index in [0.29, 0.717) is 19.3 Å². The van der Waals surface area contributed by atoms with Crippen LogP contribution in [0.25, 0.3) is 0 Å². The minimum absolute atomic E-state index is 0.201. The van der Waals surface area contributed by atoms with E-state index in [1.54, 1.807) is 0 Å². The highest BCUT2D eigenvalue weighted by Crippen LogP contribution is 2.39. The van der Waals surface area contributed by atoms with Crippen molar-refractivity contribution in [3.63, 3.8) is 0 Å². The monoisotopic (exact) mass is 495 g/mol. The molecular formula is C20H34INO5. The average molecular weight is 495 g/mol. The highest BCUT2D eigenvalue weighted by atomic mass is 127. The topological polar surface area (TPSA) is 76.1 Å². The molecule has 0 aromatic rings. The van der Waals surface area contributed by atoms with E-state index in [0.717, 1.165) is 19.3 Å². The molecule has 1 saturated heterocycles. The average Bonchev–Trinajstić information content (AvgIpc) is 2.51. The number of esters is 2. The summed E-state index contributed by atoms with van der Waals surface area (Å²) in [4.78, 5) is 24.9. The number of hydrogen-bond acceptors (Lipinski definition) is 6. The molecule has 2 fully saturated rings. The van der Waals surface area contributed by atoms with E-state index in [2.05, 4.69) is 22.6 Å². The Bertz CT molecular complexity index is 551. The van der Waals surface area contributed by atoms with Crippen LogP contribution in [0.5, 0.6) is 0 Å². The number of piperidine rings is 1. The second-order valence-electron chi connectivity index (χ2n) is 9.77. The smallest absolute Gasteiger partial charge is 0.321 e. The van der Waals surface area contributed by atoms with Crippen molar-refractivity contribution < 1.29 is 24.3 Å². The van der Waals surface area contributed by atoms with Gasteiger partial charge in [-0.2, -0.15) is 5.06 Å². The lowest BCUT2D eigenvalue weighted by Crippen LogP contribution is -2.60. The zero-order valence-corrected chi connectivity index (χ0v) is 19.5. The van der Waals surface area contributed by atoms with Gasteiger partial charge in [-0.05, 0) is 67.2 Å². The second-order valence-corrected chi connectivity index (χ2v) is 12.5. The number of hydrogen-bond donors (Lipinski definition) is 1. The van der Waals surface area contributed by atoms with Crippen LogP contribution in [0.1, 0.15) is 80.1 Å². The third-order valence-electron chi connectivity index (χ3n) is 5.60. The maximum absolute atomic E-state index is 12.8. The Morgan fingerprint density at radius 1 is 1.04 bits per heavy atom. The molecule has 156 valence electrons. The molecule has 1 aliphatic heterocycles. The van der Waals surface area contributed by atoms with Gasteiger partial charge in [-0.3, -0.25) is 9.59 Å². The summed E-state index contributed by atoms with van der Waals surface area (Å²) < 4.78 is 10.9. The van der Waals surface area contributed by atoms with Gasteiger partial charge in [-0.1, -0.05) is 22.6 Å². The number of ether oxygens (including phenoxy) is 2. The second kappa shape index (κ2) is 8.14. The fourth-order valence-electron chi connectivity index (χ4n) is 4.28. The normalized spacial score (nSPS) is 29.2. The van der Waals surface area contributed by atoms with Crippen molar-refractivity contribution in [1.82, 2.24) is 5.06 Å². The Labute approximate surface area is 176 Å². The van der Waals surface area contributed by atoms with Gasteiger partial charge >= 0.3 is 11.9 Å². The van der Waals surface area contributed by atoms with Crippen molar-refractivity contribution in [1.29, 1.82) is 0 Å². The molecule has 2 unspecified atom stereocenters. The van der Waals surface area contributed by atoms with Gasteiger partial charge in [0.2, 0.25) is 0 Å². The van der Waals surface area contributed by atoms with Crippen molar-refractivity contribution >= 4 is 34.5 Å². The van der Waals surface area contributed by atoms with Crippen LogP contribution >= 0.6 is 22.6 Å². The number of nitrogens with zero attached hydrogens (tertiary/aromatic N) is 1. The molecule has 0 radical (unpaired) electrons. The van der Waals surface area contributed by atoms with Crippen molar-refractivity contribution in [2.75, 3.05) is 0 Å². The predicted octanol–water partition coefficient (Wildman–Crippen LogP) is 4.26. The standard InChI is InChI=1S/C20H34INO5/c1-18(2)11-15(12-19(3,4)22(18)25)26-16(23)13-8-7-9-14(10-13)27-17(24)20(5,6)21/h13-15,25H,7-12H2,1-6H3. The summed E-state index contributed by atoms with van der Waals surface area (Å²) in [6, 6.07) is 0. The van der Waals surface area contributed by atoms with Gasteiger partial charge < -0.3 is 14.7 Å². The number of carbonyl (C=O) groups is 2. The van der Waals surface area contributed by atoms with Crippen LogP contribution in [0.3, 0.4) is 0 Å². The van der Waals surface area contributed by atoms with Gasteiger partial charge in [-0.25, -0.2) is 0 Å². The van der Waals surface area contributed by atoms with Crippen LogP contribution in [-0.4, -0.2) is 48.9 Å². The molecule has 2 aliphatic rings. The third-order valence-corrected chi connectivity index (χ3v) is 6.04. The highest BCUT2D eigenvalue weighted by Gasteiger charge is 2.47. The molecule has 0 aromatic heterocycles. The van der Waals surface area contributed by atoms with Crippen LogP contribution in [0.2, 0.25) is 0 Å². The molecule has 0 spiro atoms. The Hall–Kier alpha value is -0.410. The predicted molar refractivity (Wildman–Crippen MR) is 111 cm³/mol. The lowest BCUT2D eigenvalue weighted by molar-refractivity contribution is -0.260. The van der Waals surface area contributed by atoms with Crippen molar-refractivity contribution in [3.05, 3.63) is 0 Å². The fraction of sp³-hybridized carbons (Fsp3) is 0.900. The molecule has 0 aromatic carbocycles. The molecule has 0 bridgehead atoms. The summed E-state index contributed by atoms with van der Waals surface area (Å²) in [7, 11) is 0. The minimum atomic E-state index is -0.569. The number of halogens is 1. The molecule has 1 saturated carbocycles. The summed E-state index contributed by atoms with van der Waals surface area (Å²) in [5.41, 5.74) is -0.910. The van der Waals surface area contributed by atoms with Crippen molar-refractivity contribution in [3.8, 4) is 0 Å². The highest BCUT2D eigenvalue weighted by molar-refractivity contribution is 14.1. The molecule has 0 amide bonds. The Morgan fingerprint density at radius 2 is 1.59 bits per heavy atom. The summed E-state index contributed by atoms with van der Waals surface area (Å²) in [5, 5.41) is 11.8. The van der Waals surface area contributed by atoms with Crippen LogP contribution < -0.4 is 0 Å². The first-order chi connectivity index (χ1) is 12.2. The molecule has 2 rings (SSSR count). The first-order valence-corrected chi connectivity index (χ1v) is 10.9. The summed E-state index contributed by atoms with van der Waals surface area (Å²) in [6.07, 6.45) is 3.69. The minimum Gasteiger partial charge on any atom is -0.462 e. The van der Waals surface area contributed by atoms with Crippen LogP contribution in [0, 0.1) is 5.92 Å². The van der Waals surface area contributed by atoms with E-state index in [-0.39, 0.29) is 30.1 Å². The molecule has 1 N–H and O–H groups in total. The molecule has 6 nitrogen and oxygen atoms in total. The van der Waals surface area contributed by atoms with Crippen LogP contribution in [0.15, 0.2) is 0 Å². The Kier molecular flexibility index (Phi) is 6.90. The van der Waals surface area contributed by atoms with Gasteiger partial charge in [0.1, 0.15) is 15.6 Å². The van der Waals surface area contributed by atoms with Crippen molar-refractivity contribution in [2.45, 2.75) is 107 Å². The summed E-state index contributed by atoms with van der Waals surface area (Å²) >= 11 is 2.07. The Balaban J connectivity index is 1.94. The SMILES string of the molecule is CC(C)(I)C(=O)OC1CCCC(C(=O)OC2CC(C)(C)N(O)C(C)(C)C2)C1. The summed E-state index contributed by atoms with van der Waals surface area (Å²) in [6.45, 7) is 11.5. The zero-order valence-electron chi connectivity index (χ0n) is 17.4. The van der Waals surface area contributed by atoms with E-state index in [4.69, 9.17) is 9.47 Å². The quantitative estimate of drug-likeness (QED) is 0.357. The van der Waals surface area contributed by atoms with E-state index >= 15 is 0 Å². The maximum atomic E-state index is 12.8. The zero-order chi connectivity index (χ0) is 20.6. The molecule has 1 aliphatic carbocycles. The number of carbonyl (C=O) groups excluding carboxylic acids is 2. The van der Waals surface area contributed by atoms with E-state index < -0.39 is 14.5 Å². The van der Waals surface area contributed by atoms with Crippen molar-refractivity contribution in [2.24, 2.45) is 5.92 Å². The lowest BCUT2D eigenvalue weighted by atomic mass is 9.80. The fourth-order valence-corrected chi connectivity index (χ4v) is 4.41. The van der Waals surface area contributed by atoms with Gasteiger partial charge in [0.05, 0.1) is 5.92 Å². The largest absolute Gasteiger partial charge is 0.462 e. The van der Waals surface area contributed by atoms with Crippen LogP contribution in [-0.2, 0) is 19.1 Å². The molecular weight excluding hydrogens is 461 g/mol. The maximum Gasteiger partial charge on any atom is 0.321 e. The first-order valence-electron chi connectivity index (χ1n) is 9.82. The number of rotatable bonds is 4. The first kappa shape index (κ1) is 22.9. The van der Waals surface area contributed by atoms with E-state index in [1.165, 1.54) is 5.06 Å². The third kappa shape index (κ3) is 5.79. The van der Waals surface area contributed by atoms with Gasteiger partial charge in [0.15, 0.2) is 0 Å².